The first-order valence-corrected chi connectivity index (χ1v) is 8.30. The van der Waals surface area contributed by atoms with Crippen LogP contribution < -0.4 is 10.6 Å². The van der Waals surface area contributed by atoms with E-state index >= 15 is 0 Å². The van der Waals surface area contributed by atoms with E-state index in [1.165, 1.54) is 6.07 Å². The van der Waals surface area contributed by atoms with Gasteiger partial charge in [-0.1, -0.05) is 48.5 Å². The van der Waals surface area contributed by atoms with Crippen LogP contribution in [0.1, 0.15) is 19.4 Å². The van der Waals surface area contributed by atoms with Crippen LogP contribution in [-0.4, -0.2) is 16.0 Å². The highest BCUT2D eigenvalue weighted by atomic mass is 19.1. The fraction of sp³-hybridized carbons (Fsp3) is 0.200. The molecule has 0 aliphatic rings. The maximum Gasteiger partial charge on any atom is 0.225 e. The Morgan fingerprint density at radius 1 is 0.960 bits per heavy atom. The van der Waals surface area contributed by atoms with E-state index in [1.807, 2.05) is 56.3 Å². The predicted octanol–water partition coefficient (Wildman–Crippen LogP) is 4.72. The first-order chi connectivity index (χ1) is 12.1. The largest absolute Gasteiger partial charge is 0.366 e. The summed E-state index contributed by atoms with van der Waals surface area (Å²) >= 11 is 0. The van der Waals surface area contributed by atoms with Gasteiger partial charge in [-0.3, -0.25) is 0 Å². The molecule has 2 N–H and O–H groups in total. The van der Waals surface area contributed by atoms with Crippen LogP contribution in [0.5, 0.6) is 0 Å². The van der Waals surface area contributed by atoms with Gasteiger partial charge < -0.3 is 10.6 Å². The topological polar surface area (TPSA) is 49.8 Å². The van der Waals surface area contributed by atoms with Gasteiger partial charge in [0.2, 0.25) is 5.95 Å². The van der Waals surface area contributed by atoms with Crippen LogP contribution in [-0.2, 0) is 6.54 Å². The molecule has 0 fully saturated rings. The fourth-order valence-electron chi connectivity index (χ4n) is 2.44. The molecule has 0 spiro atoms. The van der Waals surface area contributed by atoms with Gasteiger partial charge in [-0.25, -0.2) is 9.37 Å². The Morgan fingerprint density at radius 3 is 2.40 bits per heavy atom. The first-order valence-electron chi connectivity index (χ1n) is 8.30. The minimum atomic E-state index is -0.229. The van der Waals surface area contributed by atoms with Gasteiger partial charge in [0, 0.05) is 29.8 Å². The molecule has 0 bridgehead atoms. The molecule has 3 aromatic rings. The first kappa shape index (κ1) is 16.9. The highest BCUT2D eigenvalue weighted by Crippen LogP contribution is 2.22. The summed E-state index contributed by atoms with van der Waals surface area (Å²) in [4.78, 5) is 9.07. The van der Waals surface area contributed by atoms with E-state index < -0.39 is 0 Å². The number of aromatic nitrogens is 2. The van der Waals surface area contributed by atoms with Crippen molar-refractivity contribution in [1.29, 1.82) is 0 Å². The molecule has 0 unspecified atom stereocenters. The SMILES string of the molecule is CC(C)Nc1nc(NCc2ccccc2F)cc(-c2ccccc2)n1. The number of anilines is 2. The molecule has 25 heavy (non-hydrogen) atoms. The number of nitrogens with zero attached hydrogens (tertiary/aromatic N) is 2. The monoisotopic (exact) mass is 336 g/mol. The van der Waals surface area contributed by atoms with Crippen molar-refractivity contribution in [2.75, 3.05) is 10.6 Å². The minimum absolute atomic E-state index is 0.213. The number of halogens is 1. The van der Waals surface area contributed by atoms with Crippen molar-refractivity contribution >= 4 is 11.8 Å². The Kier molecular flexibility index (Phi) is 5.23. The zero-order chi connectivity index (χ0) is 17.6. The van der Waals surface area contributed by atoms with Gasteiger partial charge in [-0.2, -0.15) is 4.98 Å². The lowest BCUT2D eigenvalue weighted by Crippen LogP contribution is -2.14. The molecule has 4 nitrogen and oxygen atoms in total. The summed E-state index contributed by atoms with van der Waals surface area (Å²) in [5.41, 5.74) is 2.42. The number of rotatable bonds is 6. The Morgan fingerprint density at radius 2 is 1.68 bits per heavy atom. The van der Waals surface area contributed by atoms with E-state index in [-0.39, 0.29) is 11.9 Å². The van der Waals surface area contributed by atoms with Crippen LogP contribution in [0, 0.1) is 5.82 Å². The third-order valence-corrected chi connectivity index (χ3v) is 3.63. The molecule has 1 aromatic heterocycles. The van der Waals surface area contributed by atoms with Gasteiger partial charge in [0.1, 0.15) is 11.6 Å². The van der Waals surface area contributed by atoms with Gasteiger partial charge in [-0.15, -0.1) is 0 Å². The second kappa shape index (κ2) is 7.75. The lowest BCUT2D eigenvalue weighted by molar-refractivity contribution is 0.613. The molecule has 0 aliphatic carbocycles. The average Bonchev–Trinajstić information content (AvgIpc) is 2.61. The van der Waals surface area contributed by atoms with Crippen molar-refractivity contribution in [2.45, 2.75) is 26.4 Å². The highest BCUT2D eigenvalue weighted by Gasteiger charge is 2.08. The Bertz CT molecular complexity index is 834. The molecule has 0 radical (unpaired) electrons. The van der Waals surface area contributed by atoms with Crippen molar-refractivity contribution in [3.63, 3.8) is 0 Å². The summed E-state index contributed by atoms with van der Waals surface area (Å²) < 4.78 is 13.8. The normalized spacial score (nSPS) is 10.7. The summed E-state index contributed by atoms with van der Waals surface area (Å²) in [5, 5.41) is 6.42. The molecule has 3 rings (SSSR count). The molecule has 128 valence electrons. The predicted molar refractivity (Wildman–Crippen MR) is 100.0 cm³/mol. The minimum Gasteiger partial charge on any atom is -0.366 e. The Hall–Kier alpha value is -2.95. The van der Waals surface area contributed by atoms with Crippen LogP contribution in [0.4, 0.5) is 16.2 Å². The van der Waals surface area contributed by atoms with Crippen LogP contribution >= 0.6 is 0 Å². The van der Waals surface area contributed by atoms with Crippen molar-refractivity contribution in [1.82, 2.24) is 9.97 Å². The van der Waals surface area contributed by atoms with E-state index in [9.17, 15) is 4.39 Å². The zero-order valence-electron chi connectivity index (χ0n) is 14.3. The van der Waals surface area contributed by atoms with Crippen LogP contribution in [0.15, 0.2) is 60.7 Å². The van der Waals surface area contributed by atoms with Crippen LogP contribution in [0.25, 0.3) is 11.3 Å². The summed E-state index contributed by atoms with van der Waals surface area (Å²) in [5.74, 6) is 0.973. The van der Waals surface area contributed by atoms with E-state index in [0.29, 0.717) is 23.9 Å². The molecule has 0 atom stereocenters. The lowest BCUT2D eigenvalue weighted by atomic mass is 10.1. The maximum atomic E-state index is 13.8. The maximum absolute atomic E-state index is 13.8. The number of benzene rings is 2. The van der Waals surface area contributed by atoms with Crippen molar-refractivity contribution in [2.24, 2.45) is 0 Å². The molecule has 0 amide bonds. The Labute approximate surface area is 147 Å². The molecular formula is C20H21FN4. The summed E-state index contributed by atoms with van der Waals surface area (Å²) in [6.45, 7) is 4.43. The van der Waals surface area contributed by atoms with Gasteiger partial charge in [0.05, 0.1) is 5.69 Å². The molecular weight excluding hydrogens is 315 g/mol. The van der Waals surface area contributed by atoms with E-state index in [1.54, 1.807) is 12.1 Å². The van der Waals surface area contributed by atoms with Crippen LogP contribution in [0.3, 0.4) is 0 Å². The third kappa shape index (κ3) is 4.53. The summed E-state index contributed by atoms with van der Waals surface area (Å²) in [7, 11) is 0. The molecule has 0 aliphatic heterocycles. The summed E-state index contributed by atoms with van der Waals surface area (Å²) in [6.07, 6.45) is 0. The van der Waals surface area contributed by atoms with Crippen molar-refractivity contribution in [3.05, 3.63) is 72.0 Å². The number of hydrogen-bond donors (Lipinski definition) is 2. The quantitative estimate of drug-likeness (QED) is 0.684. The number of hydrogen-bond acceptors (Lipinski definition) is 4. The average molecular weight is 336 g/mol. The summed E-state index contributed by atoms with van der Waals surface area (Å²) in [6, 6.07) is 18.7. The van der Waals surface area contributed by atoms with Gasteiger partial charge in [0.15, 0.2) is 0 Å². The molecule has 2 aromatic carbocycles. The second-order valence-electron chi connectivity index (χ2n) is 6.07. The number of nitrogens with one attached hydrogen (secondary N) is 2. The van der Waals surface area contributed by atoms with Crippen molar-refractivity contribution in [3.8, 4) is 11.3 Å². The third-order valence-electron chi connectivity index (χ3n) is 3.63. The standard InChI is InChI=1S/C20H21FN4/c1-14(2)23-20-24-18(15-8-4-3-5-9-15)12-19(25-20)22-13-16-10-6-7-11-17(16)21/h3-12,14H,13H2,1-2H3,(H2,22,23,24,25). The van der Waals surface area contributed by atoms with E-state index in [4.69, 9.17) is 0 Å². The van der Waals surface area contributed by atoms with E-state index in [0.717, 1.165) is 11.3 Å². The van der Waals surface area contributed by atoms with E-state index in [2.05, 4.69) is 20.6 Å². The van der Waals surface area contributed by atoms with Gasteiger partial charge in [0.25, 0.3) is 0 Å². The van der Waals surface area contributed by atoms with Gasteiger partial charge in [-0.05, 0) is 19.9 Å². The second-order valence-corrected chi connectivity index (χ2v) is 6.07. The molecule has 5 heteroatoms. The fourth-order valence-corrected chi connectivity index (χ4v) is 2.44. The van der Waals surface area contributed by atoms with Gasteiger partial charge >= 0.3 is 0 Å². The van der Waals surface area contributed by atoms with Crippen molar-refractivity contribution < 1.29 is 4.39 Å². The molecule has 0 saturated heterocycles. The lowest BCUT2D eigenvalue weighted by Gasteiger charge is -2.13. The Balaban J connectivity index is 1.88. The smallest absolute Gasteiger partial charge is 0.225 e. The highest BCUT2D eigenvalue weighted by molar-refractivity contribution is 5.64. The molecule has 0 saturated carbocycles. The zero-order valence-corrected chi connectivity index (χ0v) is 14.3. The molecule has 1 heterocycles. The van der Waals surface area contributed by atoms with Crippen LogP contribution in [0.2, 0.25) is 0 Å².